The fraction of sp³-hybridized carbons (Fsp3) is 1.00. The molecule has 2 heterocycles. The Bertz CT molecular complexity index is 626. The number of hydrogen-bond donors (Lipinski definition) is 3. The molecule has 4 saturated carbocycles. The minimum atomic E-state index is -1.41. The van der Waals surface area contributed by atoms with Crippen molar-refractivity contribution < 1.29 is 24.8 Å². The van der Waals surface area contributed by atoms with Crippen LogP contribution in [-0.2, 0) is 9.47 Å². The Morgan fingerprint density at radius 1 is 1.12 bits per heavy atom. The highest BCUT2D eigenvalue weighted by Gasteiger charge is 2.78. The first-order chi connectivity index (χ1) is 12.4. The third kappa shape index (κ3) is 1.72. The van der Waals surface area contributed by atoms with E-state index in [2.05, 4.69) is 6.92 Å². The number of hydrogen-bond acceptors (Lipinski definition) is 5. The monoisotopic (exact) mass is 364 g/mol. The molecular formula is C21H32O5. The van der Waals surface area contributed by atoms with Crippen molar-refractivity contribution in [3.63, 3.8) is 0 Å². The lowest BCUT2D eigenvalue weighted by Crippen LogP contribution is -2.57. The van der Waals surface area contributed by atoms with E-state index in [1.54, 1.807) is 0 Å². The molecule has 146 valence electrons. The third-order valence-electron chi connectivity index (χ3n) is 9.97. The third-order valence-corrected chi connectivity index (χ3v) is 9.97. The lowest BCUT2D eigenvalue weighted by molar-refractivity contribution is -0.282. The van der Waals surface area contributed by atoms with Crippen LogP contribution in [0.3, 0.4) is 0 Å². The first-order valence-electron chi connectivity index (χ1n) is 10.8. The molecule has 1 unspecified atom stereocenters. The molecule has 26 heavy (non-hydrogen) atoms. The maximum absolute atomic E-state index is 10.9. The average Bonchev–Trinajstić information content (AvgIpc) is 3.21. The van der Waals surface area contributed by atoms with Crippen molar-refractivity contribution in [2.24, 2.45) is 40.4 Å². The molecule has 0 radical (unpaired) electrons. The average molecular weight is 364 g/mol. The molecule has 0 amide bonds. The summed E-state index contributed by atoms with van der Waals surface area (Å²) < 4.78 is 12.5. The van der Waals surface area contributed by atoms with E-state index in [1.807, 2.05) is 0 Å². The van der Waals surface area contributed by atoms with Crippen LogP contribution in [-0.4, -0.2) is 46.2 Å². The lowest BCUT2D eigenvalue weighted by Gasteiger charge is -2.60. The van der Waals surface area contributed by atoms with Gasteiger partial charge in [-0.2, -0.15) is 0 Å². The molecule has 2 saturated heterocycles. The summed E-state index contributed by atoms with van der Waals surface area (Å²) in [7, 11) is 0. The van der Waals surface area contributed by atoms with Gasteiger partial charge in [0.05, 0.1) is 18.8 Å². The molecule has 2 aliphatic heterocycles. The number of fused-ring (bicyclic) bond motifs is 6. The predicted molar refractivity (Wildman–Crippen MR) is 92.7 cm³/mol. The van der Waals surface area contributed by atoms with Crippen LogP contribution in [0.5, 0.6) is 0 Å². The summed E-state index contributed by atoms with van der Waals surface area (Å²) >= 11 is 0. The second kappa shape index (κ2) is 5.04. The standard InChI is InChI=1S/C21H32O5/c1-19-7-6-12(23)8-11(19)2-3-13-14-4-5-16-20(14)9-15(17(13)19)25-18(20)26-21(16,24)10-22/h11-18,22-24H,2-10H2,1H3/t11-,12-,13-,14-,15+,16-,17+,18?,19-,20+,21+/m0/s1. The second-order valence-electron chi connectivity index (χ2n) is 10.6. The van der Waals surface area contributed by atoms with Gasteiger partial charge in [-0.3, -0.25) is 0 Å². The minimum absolute atomic E-state index is 0.0136. The molecule has 2 bridgehead atoms. The Labute approximate surface area is 155 Å². The van der Waals surface area contributed by atoms with Crippen LogP contribution in [0.4, 0.5) is 0 Å². The molecular weight excluding hydrogens is 332 g/mol. The summed E-state index contributed by atoms with van der Waals surface area (Å²) in [5.41, 5.74) is 0.180. The molecule has 0 aromatic heterocycles. The van der Waals surface area contributed by atoms with Crippen molar-refractivity contribution in [3.8, 4) is 0 Å². The van der Waals surface area contributed by atoms with Gasteiger partial charge in [-0.25, -0.2) is 0 Å². The Hall–Kier alpha value is -0.200. The quantitative estimate of drug-likeness (QED) is 0.664. The first-order valence-corrected chi connectivity index (χ1v) is 10.8. The van der Waals surface area contributed by atoms with Crippen LogP contribution < -0.4 is 0 Å². The summed E-state index contributed by atoms with van der Waals surface area (Å²) in [5, 5.41) is 30.9. The normalized spacial score (nSPS) is 65.5. The zero-order chi connectivity index (χ0) is 17.9. The predicted octanol–water partition coefficient (Wildman–Crippen LogP) is 2.03. The van der Waals surface area contributed by atoms with Crippen molar-refractivity contribution in [1.82, 2.24) is 0 Å². The van der Waals surface area contributed by atoms with Crippen molar-refractivity contribution in [3.05, 3.63) is 0 Å². The topological polar surface area (TPSA) is 79.2 Å². The van der Waals surface area contributed by atoms with Crippen LogP contribution >= 0.6 is 0 Å². The van der Waals surface area contributed by atoms with Gasteiger partial charge in [0.2, 0.25) is 0 Å². The fourth-order valence-electron chi connectivity index (χ4n) is 9.07. The Morgan fingerprint density at radius 2 is 1.96 bits per heavy atom. The summed E-state index contributed by atoms with van der Waals surface area (Å²) in [6, 6.07) is 0. The molecule has 0 aromatic rings. The summed E-state index contributed by atoms with van der Waals surface area (Å²) in [6.07, 6.45) is 8.23. The van der Waals surface area contributed by atoms with E-state index < -0.39 is 5.79 Å². The minimum Gasteiger partial charge on any atom is -0.393 e. The van der Waals surface area contributed by atoms with Crippen LogP contribution in [0, 0.1) is 40.4 Å². The van der Waals surface area contributed by atoms with Crippen LogP contribution in [0.15, 0.2) is 0 Å². The van der Waals surface area contributed by atoms with E-state index in [0.29, 0.717) is 23.7 Å². The molecule has 1 spiro atoms. The van der Waals surface area contributed by atoms with E-state index in [0.717, 1.165) is 38.5 Å². The molecule has 6 fully saturated rings. The Morgan fingerprint density at radius 3 is 2.77 bits per heavy atom. The van der Waals surface area contributed by atoms with Crippen molar-refractivity contribution >= 4 is 0 Å². The number of aliphatic hydroxyl groups is 3. The first kappa shape index (κ1) is 16.7. The van der Waals surface area contributed by atoms with Crippen LogP contribution in [0.25, 0.3) is 0 Å². The van der Waals surface area contributed by atoms with Crippen LogP contribution in [0.1, 0.15) is 58.3 Å². The van der Waals surface area contributed by atoms with E-state index in [9.17, 15) is 15.3 Å². The maximum atomic E-state index is 10.9. The van der Waals surface area contributed by atoms with Gasteiger partial charge >= 0.3 is 0 Å². The second-order valence-corrected chi connectivity index (χ2v) is 10.6. The van der Waals surface area contributed by atoms with E-state index >= 15 is 0 Å². The Balaban J connectivity index is 1.40. The lowest BCUT2D eigenvalue weighted by atomic mass is 9.44. The van der Waals surface area contributed by atoms with E-state index in [-0.39, 0.29) is 41.9 Å². The highest BCUT2D eigenvalue weighted by Crippen LogP contribution is 2.75. The molecule has 4 aliphatic carbocycles. The summed E-state index contributed by atoms with van der Waals surface area (Å²) in [6.45, 7) is 2.13. The number of aliphatic hydroxyl groups excluding tert-OH is 2. The Kier molecular flexibility index (Phi) is 3.24. The van der Waals surface area contributed by atoms with Gasteiger partial charge in [0.1, 0.15) is 0 Å². The fourth-order valence-corrected chi connectivity index (χ4v) is 9.07. The van der Waals surface area contributed by atoms with E-state index in [4.69, 9.17) is 9.47 Å². The molecule has 6 rings (SSSR count). The highest BCUT2D eigenvalue weighted by atomic mass is 16.8. The highest BCUT2D eigenvalue weighted by molar-refractivity contribution is 5.20. The van der Waals surface area contributed by atoms with Gasteiger partial charge in [-0.05, 0) is 80.5 Å². The van der Waals surface area contributed by atoms with E-state index in [1.165, 1.54) is 12.8 Å². The van der Waals surface area contributed by atoms with Crippen LogP contribution in [0.2, 0.25) is 0 Å². The summed E-state index contributed by atoms with van der Waals surface area (Å²) in [4.78, 5) is 0. The molecule has 5 nitrogen and oxygen atoms in total. The maximum Gasteiger partial charge on any atom is 0.195 e. The summed E-state index contributed by atoms with van der Waals surface area (Å²) in [5.74, 6) is 0.960. The zero-order valence-corrected chi connectivity index (χ0v) is 15.6. The van der Waals surface area contributed by atoms with Gasteiger partial charge in [0, 0.05) is 11.3 Å². The van der Waals surface area contributed by atoms with Gasteiger partial charge in [0.25, 0.3) is 0 Å². The van der Waals surface area contributed by atoms with Gasteiger partial charge in [-0.15, -0.1) is 0 Å². The molecule has 3 N–H and O–H groups in total. The number of rotatable bonds is 1. The molecule has 0 aromatic carbocycles. The smallest absolute Gasteiger partial charge is 0.195 e. The molecule has 11 atom stereocenters. The SMILES string of the molecule is C[C@]12CC[C@H](O)C[C@@H]1CC[C@@H]1[C@@H]2[C@H]2C[C@]34C(O2)O[C@](O)(CO)[C@H]3CC[C@@H]14. The van der Waals surface area contributed by atoms with Crippen molar-refractivity contribution in [2.75, 3.05) is 6.61 Å². The zero-order valence-electron chi connectivity index (χ0n) is 15.6. The van der Waals surface area contributed by atoms with Crippen molar-refractivity contribution in [1.29, 1.82) is 0 Å². The van der Waals surface area contributed by atoms with Gasteiger partial charge < -0.3 is 24.8 Å². The number of ether oxygens (including phenoxy) is 2. The molecule has 5 heteroatoms. The van der Waals surface area contributed by atoms with Gasteiger partial charge in [0.15, 0.2) is 12.1 Å². The van der Waals surface area contributed by atoms with Crippen molar-refractivity contribution in [2.45, 2.75) is 82.6 Å². The largest absolute Gasteiger partial charge is 0.393 e. The molecule has 6 aliphatic rings. The van der Waals surface area contributed by atoms with Gasteiger partial charge in [-0.1, -0.05) is 6.92 Å².